The molecule has 2 N–H and O–H groups in total. The molecule has 0 saturated heterocycles. The molecule has 0 aliphatic rings. The fourth-order valence-corrected chi connectivity index (χ4v) is 3.10. The molecule has 0 aliphatic heterocycles. The van der Waals surface area contributed by atoms with Crippen LogP contribution in [0.25, 0.3) is 10.9 Å². The van der Waals surface area contributed by atoms with Crippen molar-refractivity contribution < 1.29 is 13.6 Å². The Morgan fingerprint density at radius 2 is 2.04 bits per heavy atom. The Hall–Kier alpha value is -3.13. The maximum absolute atomic E-state index is 13.4. The van der Waals surface area contributed by atoms with Crippen LogP contribution in [-0.2, 0) is 6.54 Å². The average Bonchev–Trinajstić information content (AvgIpc) is 2.66. The lowest BCUT2D eigenvalue weighted by atomic mass is 10.1. The summed E-state index contributed by atoms with van der Waals surface area (Å²) in [7, 11) is 0. The Labute approximate surface area is 164 Å². The summed E-state index contributed by atoms with van der Waals surface area (Å²) >= 11 is 5.19. The highest BCUT2D eigenvalue weighted by Gasteiger charge is 2.15. The van der Waals surface area contributed by atoms with Crippen LogP contribution in [0.1, 0.15) is 28.9 Å². The van der Waals surface area contributed by atoms with Crippen molar-refractivity contribution in [2.24, 2.45) is 0 Å². The summed E-state index contributed by atoms with van der Waals surface area (Å²) in [6.07, 6.45) is 1.57. The van der Waals surface area contributed by atoms with E-state index in [1.165, 1.54) is 22.8 Å². The largest absolute Gasteiger partial charge is 0.346 e. The zero-order chi connectivity index (χ0) is 20.4. The molecule has 8 heteroatoms. The van der Waals surface area contributed by atoms with Crippen LogP contribution in [0.4, 0.5) is 8.78 Å². The SMILES string of the molecule is C=CCn1c(=S)[nH]c2cc(C(=O)N[C@H](C)c3ccc(F)c(F)c3)ccc2c1=O. The van der Waals surface area contributed by atoms with Crippen LogP contribution in [0, 0.1) is 16.4 Å². The molecule has 0 bridgehead atoms. The highest BCUT2D eigenvalue weighted by molar-refractivity contribution is 7.71. The molecule has 0 saturated carbocycles. The number of halogens is 2. The molecule has 1 atom stereocenters. The highest BCUT2D eigenvalue weighted by atomic mass is 32.1. The molecule has 2 aromatic carbocycles. The summed E-state index contributed by atoms with van der Waals surface area (Å²) in [4.78, 5) is 28.0. The molecule has 0 fully saturated rings. The Morgan fingerprint density at radius 1 is 1.29 bits per heavy atom. The molecule has 1 heterocycles. The third-order valence-electron chi connectivity index (χ3n) is 4.35. The number of amides is 1. The van der Waals surface area contributed by atoms with Gasteiger partial charge in [0.25, 0.3) is 11.5 Å². The topological polar surface area (TPSA) is 66.9 Å². The molecule has 3 aromatic rings. The standard InChI is InChI=1S/C20H17F2N3O2S/c1-3-8-25-19(27)14-6-4-13(10-17(14)24-20(25)28)18(26)23-11(2)12-5-7-15(21)16(22)9-12/h3-7,9-11H,1,8H2,2H3,(H,23,26)(H,24,28)/t11-/m1/s1. The van der Waals surface area contributed by atoms with Crippen LogP contribution in [-0.4, -0.2) is 15.5 Å². The first-order valence-corrected chi connectivity index (χ1v) is 8.86. The predicted molar refractivity (Wildman–Crippen MR) is 106 cm³/mol. The van der Waals surface area contributed by atoms with Crippen molar-refractivity contribution in [2.75, 3.05) is 0 Å². The minimum absolute atomic E-state index is 0.227. The van der Waals surface area contributed by atoms with Gasteiger partial charge in [-0.2, -0.15) is 0 Å². The molecular formula is C20H17F2N3O2S. The zero-order valence-electron chi connectivity index (χ0n) is 15.0. The lowest BCUT2D eigenvalue weighted by Crippen LogP contribution is -2.27. The van der Waals surface area contributed by atoms with Crippen molar-refractivity contribution in [3.8, 4) is 0 Å². The third kappa shape index (κ3) is 3.77. The Balaban J connectivity index is 1.90. The smallest absolute Gasteiger partial charge is 0.262 e. The van der Waals surface area contributed by atoms with Crippen LogP contribution in [0.15, 0.2) is 53.8 Å². The summed E-state index contributed by atoms with van der Waals surface area (Å²) in [6, 6.07) is 7.50. The quantitative estimate of drug-likeness (QED) is 0.501. The number of aromatic amines is 1. The molecule has 1 aromatic heterocycles. The third-order valence-corrected chi connectivity index (χ3v) is 4.67. The minimum atomic E-state index is -0.979. The van der Waals surface area contributed by atoms with E-state index in [1.807, 2.05) is 0 Å². The van der Waals surface area contributed by atoms with Crippen molar-refractivity contribution >= 4 is 29.0 Å². The molecular weight excluding hydrogens is 384 g/mol. The van der Waals surface area contributed by atoms with Crippen molar-refractivity contribution in [1.29, 1.82) is 0 Å². The highest BCUT2D eigenvalue weighted by Crippen LogP contribution is 2.17. The van der Waals surface area contributed by atoms with Crippen molar-refractivity contribution in [2.45, 2.75) is 19.5 Å². The van der Waals surface area contributed by atoms with Gasteiger partial charge in [-0.25, -0.2) is 8.78 Å². The number of rotatable bonds is 5. The van der Waals surface area contributed by atoms with Gasteiger partial charge < -0.3 is 10.3 Å². The first-order valence-electron chi connectivity index (χ1n) is 8.45. The van der Waals surface area contributed by atoms with Crippen LogP contribution >= 0.6 is 12.2 Å². The molecule has 0 aliphatic carbocycles. The molecule has 144 valence electrons. The van der Waals surface area contributed by atoms with Gasteiger partial charge in [0, 0.05) is 12.1 Å². The summed E-state index contributed by atoms with van der Waals surface area (Å²) in [5.41, 5.74) is 0.886. The fraction of sp³-hybridized carbons (Fsp3) is 0.150. The Morgan fingerprint density at radius 3 is 2.71 bits per heavy atom. The molecule has 0 unspecified atom stereocenters. The lowest BCUT2D eigenvalue weighted by molar-refractivity contribution is 0.0940. The molecule has 0 radical (unpaired) electrons. The summed E-state index contributed by atoms with van der Waals surface area (Å²) in [6.45, 7) is 5.54. The number of H-pyrrole nitrogens is 1. The van der Waals surface area contributed by atoms with Crippen LogP contribution < -0.4 is 10.9 Å². The maximum Gasteiger partial charge on any atom is 0.262 e. The van der Waals surface area contributed by atoms with Gasteiger partial charge in [-0.3, -0.25) is 14.2 Å². The van der Waals surface area contributed by atoms with Crippen LogP contribution in [0.2, 0.25) is 0 Å². The van der Waals surface area contributed by atoms with Gasteiger partial charge in [-0.05, 0) is 55.0 Å². The number of carbonyl (C=O) groups is 1. The number of hydrogen-bond acceptors (Lipinski definition) is 3. The van der Waals surface area contributed by atoms with Gasteiger partial charge in [0.2, 0.25) is 0 Å². The van der Waals surface area contributed by atoms with E-state index in [9.17, 15) is 18.4 Å². The summed E-state index contributed by atoms with van der Waals surface area (Å²) in [5, 5.41) is 3.11. The first kappa shape index (κ1) is 19.6. The van der Waals surface area contributed by atoms with E-state index in [0.29, 0.717) is 22.0 Å². The predicted octanol–water partition coefficient (Wildman–Crippen LogP) is 4.01. The molecule has 28 heavy (non-hydrogen) atoms. The first-order chi connectivity index (χ1) is 13.3. The van der Waals surface area contributed by atoms with Gasteiger partial charge in [0.05, 0.1) is 16.9 Å². The van der Waals surface area contributed by atoms with E-state index < -0.39 is 23.6 Å². The second-order valence-corrected chi connectivity index (χ2v) is 6.65. The van der Waals surface area contributed by atoms with Gasteiger partial charge >= 0.3 is 0 Å². The van der Waals surface area contributed by atoms with E-state index in [1.54, 1.807) is 19.1 Å². The number of nitrogens with one attached hydrogen (secondary N) is 2. The van der Waals surface area contributed by atoms with Gasteiger partial charge in [0.1, 0.15) is 0 Å². The van der Waals surface area contributed by atoms with Gasteiger partial charge in [0.15, 0.2) is 16.4 Å². The second-order valence-electron chi connectivity index (χ2n) is 6.26. The number of carbonyl (C=O) groups excluding carboxylic acids is 1. The lowest BCUT2D eigenvalue weighted by Gasteiger charge is -2.15. The monoisotopic (exact) mass is 401 g/mol. The van der Waals surface area contributed by atoms with Crippen molar-refractivity contribution in [3.63, 3.8) is 0 Å². The Kier molecular flexibility index (Phi) is 5.51. The zero-order valence-corrected chi connectivity index (χ0v) is 15.8. The van der Waals surface area contributed by atoms with E-state index in [0.717, 1.165) is 12.1 Å². The van der Waals surface area contributed by atoms with Gasteiger partial charge in [-0.1, -0.05) is 12.1 Å². The summed E-state index contributed by atoms with van der Waals surface area (Å²) in [5.74, 6) is -2.35. The fourth-order valence-electron chi connectivity index (χ4n) is 2.84. The molecule has 0 spiro atoms. The summed E-state index contributed by atoms with van der Waals surface area (Å²) < 4.78 is 28.1. The number of benzene rings is 2. The number of hydrogen-bond donors (Lipinski definition) is 2. The average molecular weight is 401 g/mol. The van der Waals surface area contributed by atoms with E-state index in [-0.39, 0.29) is 16.9 Å². The molecule has 3 rings (SSSR count). The number of nitrogens with zero attached hydrogens (tertiary/aromatic N) is 1. The molecule has 1 amide bonds. The number of fused-ring (bicyclic) bond motifs is 1. The van der Waals surface area contributed by atoms with E-state index in [4.69, 9.17) is 12.2 Å². The van der Waals surface area contributed by atoms with Crippen molar-refractivity contribution in [3.05, 3.63) is 86.9 Å². The van der Waals surface area contributed by atoms with Gasteiger partial charge in [-0.15, -0.1) is 6.58 Å². The molecule has 5 nitrogen and oxygen atoms in total. The van der Waals surface area contributed by atoms with Crippen molar-refractivity contribution in [1.82, 2.24) is 14.9 Å². The normalized spacial score (nSPS) is 12.0. The number of allylic oxidation sites excluding steroid dienone is 1. The van der Waals surface area contributed by atoms with Crippen LogP contribution in [0.5, 0.6) is 0 Å². The van der Waals surface area contributed by atoms with E-state index in [2.05, 4.69) is 16.9 Å². The second kappa shape index (κ2) is 7.85. The Bertz CT molecular complexity index is 1200. The number of aromatic nitrogens is 2. The van der Waals surface area contributed by atoms with E-state index >= 15 is 0 Å². The van der Waals surface area contributed by atoms with Crippen LogP contribution in [0.3, 0.4) is 0 Å². The minimum Gasteiger partial charge on any atom is -0.346 e. The maximum atomic E-state index is 13.4.